The molecule has 2 aromatic rings. The molecule has 0 fully saturated rings. The second-order valence-corrected chi connectivity index (χ2v) is 7.82. The number of aromatic nitrogens is 2. The number of nitrogens with one attached hydrogen (secondary N) is 1. The lowest BCUT2D eigenvalue weighted by molar-refractivity contribution is -0.120. The Hall–Kier alpha value is -2.13. The third kappa shape index (κ3) is 4.53. The van der Waals surface area contributed by atoms with Gasteiger partial charge in [0.1, 0.15) is 0 Å². The Bertz CT molecular complexity index is 855. The minimum atomic E-state index is -0.381. The molecule has 1 atom stereocenters. The fourth-order valence-corrected chi connectivity index (χ4v) is 3.54. The average Bonchev–Trinajstić information content (AvgIpc) is 3.00. The van der Waals surface area contributed by atoms with Crippen LogP contribution in [0.4, 0.5) is 0 Å². The third-order valence-electron chi connectivity index (χ3n) is 3.48. The molecule has 1 aromatic carbocycles. The maximum Gasteiger partial charge on any atom is 0.253 e. The fraction of sp³-hybridized carbons (Fsp3) is 0.294. The maximum atomic E-state index is 12.2. The van der Waals surface area contributed by atoms with Crippen LogP contribution >= 0.6 is 27.7 Å². The van der Waals surface area contributed by atoms with E-state index in [0.29, 0.717) is 16.7 Å². The Morgan fingerprint density at radius 3 is 2.62 bits per heavy atom. The normalized spacial score (nSPS) is 13.8. The summed E-state index contributed by atoms with van der Waals surface area (Å²) in [4.78, 5) is 20.9. The van der Waals surface area contributed by atoms with E-state index in [2.05, 4.69) is 36.4 Å². The number of thioether (sulfide) groups is 1. The van der Waals surface area contributed by atoms with Crippen LogP contribution in [0.3, 0.4) is 0 Å². The number of fused-ring (bicyclic) bond motifs is 1. The molecular weight excluding hydrogens is 420 g/mol. The van der Waals surface area contributed by atoms with Crippen LogP contribution in [-0.4, -0.2) is 34.1 Å². The van der Waals surface area contributed by atoms with E-state index in [4.69, 9.17) is 9.47 Å². The smallest absolute Gasteiger partial charge is 0.253 e. The number of hydrazone groups is 1. The van der Waals surface area contributed by atoms with Crippen LogP contribution in [0, 0.1) is 13.8 Å². The summed E-state index contributed by atoms with van der Waals surface area (Å²) in [6, 6.07) is 5.49. The predicted molar refractivity (Wildman–Crippen MR) is 103 cm³/mol. The summed E-state index contributed by atoms with van der Waals surface area (Å²) in [5.41, 5.74) is 5.05. The molecule has 1 N–H and O–H groups in total. The molecule has 1 aliphatic heterocycles. The molecule has 1 amide bonds. The number of hydrogen-bond acceptors (Lipinski definition) is 7. The van der Waals surface area contributed by atoms with Crippen molar-refractivity contribution in [1.82, 2.24) is 15.4 Å². The minimum absolute atomic E-state index is 0.203. The molecule has 0 unspecified atom stereocenters. The van der Waals surface area contributed by atoms with Crippen LogP contribution < -0.4 is 14.9 Å². The molecule has 1 aromatic heterocycles. The molecule has 7 nitrogen and oxygen atoms in total. The standard InChI is InChI=1S/C17H17BrN4O3S/c1-9-4-10(2)21-17(20-9)26-11(3)16(23)22-19-7-12-5-14-15(6-13(12)18)25-8-24-14/h4-7,11H,8H2,1-3H3,(H,22,23)/b19-7-/t11-/m1/s1. The van der Waals surface area contributed by atoms with E-state index in [1.54, 1.807) is 25.3 Å². The number of nitrogens with zero attached hydrogens (tertiary/aromatic N) is 3. The monoisotopic (exact) mass is 436 g/mol. The molecule has 9 heteroatoms. The fourth-order valence-electron chi connectivity index (χ4n) is 2.25. The van der Waals surface area contributed by atoms with Gasteiger partial charge in [0.2, 0.25) is 6.79 Å². The highest BCUT2D eigenvalue weighted by atomic mass is 79.9. The first-order valence-corrected chi connectivity index (χ1v) is 9.50. The molecule has 3 rings (SSSR count). The Labute approximate surface area is 163 Å². The van der Waals surface area contributed by atoms with Crippen molar-refractivity contribution in [2.45, 2.75) is 31.2 Å². The lowest BCUT2D eigenvalue weighted by Crippen LogP contribution is -2.27. The van der Waals surface area contributed by atoms with E-state index < -0.39 is 0 Å². The van der Waals surface area contributed by atoms with Crippen molar-refractivity contribution in [2.24, 2.45) is 5.10 Å². The summed E-state index contributed by atoms with van der Waals surface area (Å²) in [5.74, 6) is 1.10. The molecule has 0 spiro atoms. The lowest BCUT2D eigenvalue weighted by Gasteiger charge is -2.09. The van der Waals surface area contributed by atoms with Gasteiger partial charge in [0.05, 0.1) is 11.5 Å². The highest BCUT2D eigenvalue weighted by Crippen LogP contribution is 2.36. The summed E-state index contributed by atoms with van der Waals surface area (Å²) in [6.45, 7) is 5.79. The SMILES string of the molecule is Cc1cc(C)nc(S[C@H](C)C(=O)N/N=C\c2cc3c(cc2Br)OCO3)n1. The van der Waals surface area contributed by atoms with Crippen molar-refractivity contribution in [3.63, 3.8) is 0 Å². The van der Waals surface area contributed by atoms with Crippen molar-refractivity contribution < 1.29 is 14.3 Å². The first-order chi connectivity index (χ1) is 12.4. The van der Waals surface area contributed by atoms with Gasteiger partial charge in [-0.3, -0.25) is 4.79 Å². The summed E-state index contributed by atoms with van der Waals surface area (Å²) < 4.78 is 11.4. The largest absolute Gasteiger partial charge is 0.454 e. The minimum Gasteiger partial charge on any atom is -0.454 e. The average molecular weight is 437 g/mol. The Kier molecular flexibility index (Phi) is 5.77. The molecule has 0 saturated carbocycles. The zero-order valence-electron chi connectivity index (χ0n) is 14.4. The van der Waals surface area contributed by atoms with Crippen LogP contribution in [0.2, 0.25) is 0 Å². The number of halogens is 1. The summed E-state index contributed by atoms with van der Waals surface area (Å²) in [5, 5.41) is 4.22. The molecule has 0 radical (unpaired) electrons. The summed E-state index contributed by atoms with van der Waals surface area (Å²) in [6.07, 6.45) is 1.55. The number of aryl methyl sites for hydroxylation is 2. The van der Waals surface area contributed by atoms with Gasteiger partial charge in [-0.25, -0.2) is 15.4 Å². The van der Waals surface area contributed by atoms with Gasteiger partial charge in [-0.15, -0.1) is 0 Å². The number of carbonyl (C=O) groups is 1. The van der Waals surface area contributed by atoms with Crippen molar-refractivity contribution in [2.75, 3.05) is 6.79 Å². The highest BCUT2D eigenvalue weighted by molar-refractivity contribution is 9.10. The Morgan fingerprint density at radius 2 is 1.92 bits per heavy atom. The number of carbonyl (C=O) groups excluding carboxylic acids is 1. The van der Waals surface area contributed by atoms with Crippen molar-refractivity contribution >= 4 is 39.8 Å². The molecular formula is C17H17BrN4O3S. The van der Waals surface area contributed by atoms with Gasteiger partial charge >= 0.3 is 0 Å². The number of hydrogen-bond donors (Lipinski definition) is 1. The topological polar surface area (TPSA) is 85.7 Å². The van der Waals surface area contributed by atoms with Crippen molar-refractivity contribution in [3.05, 3.63) is 39.6 Å². The van der Waals surface area contributed by atoms with E-state index in [1.165, 1.54) is 11.8 Å². The molecule has 0 aliphatic carbocycles. The zero-order valence-corrected chi connectivity index (χ0v) is 16.8. The predicted octanol–water partition coefficient (Wildman–Crippen LogP) is 3.22. The Balaban J connectivity index is 1.60. The maximum absolute atomic E-state index is 12.2. The van der Waals surface area contributed by atoms with Gasteiger partial charge in [-0.2, -0.15) is 5.10 Å². The van der Waals surface area contributed by atoms with Crippen LogP contribution in [0.15, 0.2) is 32.9 Å². The molecule has 0 bridgehead atoms. The quantitative estimate of drug-likeness (QED) is 0.335. The van der Waals surface area contributed by atoms with Gasteiger partial charge in [0.15, 0.2) is 16.7 Å². The Morgan fingerprint density at radius 1 is 1.27 bits per heavy atom. The van der Waals surface area contributed by atoms with Gasteiger partial charge in [-0.05, 0) is 54.9 Å². The first kappa shape index (κ1) is 18.7. The van der Waals surface area contributed by atoms with Crippen molar-refractivity contribution in [3.8, 4) is 11.5 Å². The number of benzene rings is 1. The van der Waals surface area contributed by atoms with Gasteiger partial charge in [0.25, 0.3) is 5.91 Å². The van der Waals surface area contributed by atoms with Gasteiger partial charge in [0, 0.05) is 21.4 Å². The van der Waals surface area contributed by atoms with E-state index in [0.717, 1.165) is 21.4 Å². The second-order valence-electron chi connectivity index (χ2n) is 5.65. The highest BCUT2D eigenvalue weighted by Gasteiger charge is 2.17. The molecule has 26 heavy (non-hydrogen) atoms. The van der Waals surface area contributed by atoms with E-state index in [1.807, 2.05) is 19.9 Å². The molecule has 1 aliphatic rings. The molecule has 2 heterocycles. The van der Waals surface area contributed by atoms with E-state index in [-0.39, 0.29) is 18.0 Å². The number of amides is 1. The molecule has 136 valence electrons. The summed E-state index contributed by atoms with van der Waals surface area (Å²) in [7, 11) is 0. The zero-order chi connectivity index (χ0) is 18.7. The van der Waals surface area contributed by atoms with Crippen LogP contribution in [0.1, 0.15) is 23.9 Å². The molecule has 0 saturated heterocycles. The number of ether oxygens (including phenoxy) is 2. The summed E-state index contributed by atoms with van der Waals surface area (Å²) >= 11 is 4.74. The van der Waals surface area contributed by atoms with E-state index >= 15 is 0 Å². The van der Waals surface area contributed by atoms with Gasteiger partial charge < -0.3 is 9.47 Å². The van der Waals surface area contributed by atoms with Crippen LogP contribution in [-0.2, 0) is 4.79 Å². The van der Waals surface area contributed by atoms with Crippen molar-refractivity contribution in [1.29, 1.82) is 0 Å². The van der Waals surface area contributed by atoms with E-state index in [9.17, 15) is 4.79 Å². The second kappa shape index (κ2) is 8.05. The number of rotatable bonds is 5. The lowest BCUT2D eigenvalue weighted by atomic mass is 10.2. The van der Waals surface area contributed by atoms with Crippen LogP contribution in [0.5, 0.6) is 11.5 Å². The van der Waals surface area contributed by atoms with Gasteiger partial charge in [-0.1, -0.05) is 11.8 Å². The first-order valence-electron chi connectivity index (χ1n) is 7.83. The van der Waals surface area contributed by atoms with Crippen LogP contribution in [0.25, 0.3) is 0 Å². The third-order valence-corrected chi connectivity index (χ3v) is 5.13.